The van der Waals surface area contributed by atoms with Crippen LogP contribution in [0.15, 0.2) is 23.1 Å². The number of benzene rings is 1. The first-order valence-corrected chi connectivity index (χ1v) is 8.26. The average Bonchev–Trinajstić information content (AvgIpc) is 2.80. The Kier molecular flexibility index (Phi) is 4.57. The quantitative estimate of drug-likeness (QED) is 0.839. The van der Waals surface area contributed by atoms with Crippen molar-refractivity contribution in [2.45, 2.75) is 18.4 Å². The van der Waals surface area contributed by atoms with Crippen molar-refractivity contribution >= 4 is 39.1 Å². The Balaban J connectivity index is 2.21. The van der Waals surface area contributed by atoms with E-state index in [2.05, 4.69) is 9.59 Å². The summed E-state index contributed by atoms with van der Waals surface area (Å²) in [6, 6.07) is 3.98. The van der Waals surface area contributed by atoms with Crippen LogP contribution in [-0.4, -0.2) is 24.0 Å². The average molecular weight is 348 g/mol. The smallest absolute Gasteiger partial charge is 0.338 e. The molecule has 2 aromatic rings. The van der Waals surface area contributed by atoms with E-state index in [1.54, 1.807) is 6.92 Å². The maximum Gasteiger partial charge on any atom is 0.338 e. The van der Waals surface area contributed by atoms with Crippen LogP contribution in [0.5, 0.6) is 0 Å². The van der Waals surface area contributed by atoms with Gasteiger partial charge in [-0.15, -0.1) is 5.10 Å². The highest BCUT2D eigenvalue weighted by Crippen LogP contribution is 2.20. The Labute approximate surface area is 129 Å². The minimum Gasteiger partial charge on any atom is -0.455 e. The molecule has 0 atom stereocenters. The number of carbonyl (C=O) groups is 1. The normalized spacial score (nSPS) is 11.4. The number of primary sulfonamides is 1. The number of aromatic nitrogens is 2. The summed E-state index contributed by atoms with van der Waals surface area (Å²) in [4.78, 5) is 11.8. The second kappa shape index (κ2) is 6.06. The Bertz CT molecular complexity index is 789. The number of hydrogen-bond donors (Lipinski definition) is 1. The standard InChI is InChI=1S/C11H10ClN3O4S2/c1-6-2-3-7(21(13,17)18)4-8(6)11(16)19-5-9-10(12)20-15-14-9/h2-4H,5H2,1H3,(H2,13,17,18). The molecule has 0 bridgehead atoms. The molecule has 0 fully saturated rings. The fourth-order valence-corrected chi connectivity index (χ4v) is 2.63. The third-order valence-corrected chi connectivity index (χ3v) is 4.50. The van der Waals surface area contributed by atoms with E-state index < -0.39 is 16.0 Å². The molecular weight excluding hydrogens is 338 g/mol. The highest BCUT2D eigenvalue weighted by Gasteiger charge is 2.17. The first kappa shape index (κ1) is 15.8. The van der Waals surface area contributed by atoms with Crippen molar-refractivity contribution in [3.63, 3.8) is 0 Å². The molecule has 21 heavy (non-hydrogen) atoms. The minimum atomic E-state index is -3.89. The summed E-state index contributed by atoms with van der Waals surface area (Å²) in [6.07, 6.45) is 0. The van der Waals surface area contributed by atoms with Crippen LogP contribution < -0.4 is 5.14 Å². The highest BCUT2D eigenvalue weighted by atomic mass is 35.5. The molecule has 10 heteroatoms. The summed E-state index contributed by atoms with van der Waals surface area (Å²) in [7, 11) is -3.89. The van der Waals surface area contributed by atoms with Gasteiger partial charge in [-0.3, -0.25) is 0 Å². The van der Waals surface area contributed by atoms with Crippen molar-refractivity contribution in [3.8, 4) is 0 Å². The number of sulfonamides is 1. The molecule has 0 aliphatic rings. The van der Waals surface area contributed by atoms with Crippen molar-refractivity contribution in [2.75, 3.05) is 0 Å². The van der Waals surface area contributed by atoms with Gasteiger partial charge in [0.05, 0.1) is 10.5 Å². The lowest BCUT2D eigenvalue weighted by molar-refractivity contribution is 0.0466. The van der Waals surface area contributed by atoms with Crippen molar-refractivity contribution < 1.29 is 17.9 Å². The first-order chi connectivity index (χ1) is 9.79. The molecule has 0 amide bonds. The number of nitrogens with zero attached hydrogens (tertiary/aromatic N) is 2. The maximum atomic E-state index is 12.0. The lowest BCUT2D eigenvalue weighted by Crippen LogP contribution is -2.14. The van der Waals surface area contributed by atoms with E-state index in [0.717, 1.165) is 11.5 Å². The van der Waals surface area contributed by atoms with E-state index in [1.807, 2.05) is 0 Å². The molecular formula is C11H10ClN3O4S2. The molecule has 7 nitrogen and oxygen atoms in total. The fourth-order valence-electron chi connectivity index (χ4n) is 1.49. The molecule has 0 aliphatic heterocycles. The molecule has 2 N–H and O–H groups in total. The second-order valence-corrected chi connectivity index (χ2v) is 7.01. The number of esters is 1. The SMILES string of the molecule is Cc1ccc(S(N)(=O)=O)cc1C(=O)OCc1nnsc1Cl. The highest BCUT2D eigenvalue weighted by molar-refractivity contribution is 7.89. The summed E-state index contributed by atoms with van der Waals surface area (Å²) < 4.78 is 31.6. The molecule has 112 valence electrons. The molecule has 0 spiro atoms. The first-order valence-electron chi connectivity index (χ1n) is 5.56. The van der Waals surface area contributed by atoms with E-state index in [4.69, 9.17) is 21.5 Å². The van der Waals surface area contributed by atoms with Gasteiger partial charge in [-0.1, -0.05) is 22.2 Å². The number of halogens is 1. The Morgan fingerprint density at radius 1 is 1.48 bits per heavy atom. The van der Waals surface area contributed by atoms with Gasteiger partial charge in [0, 0.05) is 11.5 Å². The number of rotatable bonds is 4. The van der Waals surface area contributed by atoms with Crippen molar-refractivity contribution in [1.82, 2.24) is 9.59 Å². The maximum absolute atomic E-state index is 12.0. The van der Waals surface area contributed by atoms with Crippen LogP contribution in [0.4, 0.5) is 0 Å². The Morgan fingerprint density at radius 3 is 2.76 bits per heavy atom. The predicted octanol–water partition coefficient (Wildman–Crippen LogP) is 1.50. The zero-order valence-corrected chi connectivity index (χ0v) is 13.1. The van der Waals surface area contributed by atoms with Crippen LogP contribution in [0.1, 0.15) is 21.6 Å². The Hall–Kier alpha value is -1.55. The third-order valence-electron chi connectivity index (χ3n) is 2.61. The fraction of sp³-hybridized carbons (Fsp3) is 0.182. The van der Waals surface area contributed by atoms with E-state index >= 15 is 0 Å². The zero-order chi connectivity index (χ0) is 15.6. The lowest BCUT2D eigenvalue weighted by atomic mass is 10.1. The topological polar surface area (TPSA) is 112 Å². The molecule has 0 saturated carbocycles. The molecule has 0 saturated heterocycles. The Morgan fingerprint density at radius 2 is 2.19 bits per heavy atom. The number of carbonyl (C=O) groups excluding carboxylic acids is 1. The van der Waals surface area contributed by atoms with Crippen molar-refractivity contribution in [3.05, 3.63) is 39.4 Å². The van der Waals surface area contributed by atoms with Crippen LogP contribution in [0.2, 0.25) is 4.34 Å². The number of hydrogen-bond acceptors (Lipinski definition) is 7. The molecule has 1 aromatic carbocycles. The predicted molar refractivity (Wildman–Crippen MR) is 76.6 cm³/mol. The van der Waals surface area contributed by atoms with Crippen LogP contribution in [0, 0.1) is 6.92 Å². The summed E-state index contributed by atoms with van der Waals surface area (Å²) in [5.41, 5.74) is 1.02. The van der Waals surface area contributed by atoms with E-state index in [0.29, 0.717) is 15.6 Å². The van der Waals surface area contributed by atoms with Crippen molar-refractivity contribution in [1.29, 1.82) is 0 Å². The molecule has 0 radical (unpaired) electrons. The summed E-state index contributed by atoms with van der Waals surface area (Å²) >= 11 is 6.77. The molecule has 0 aliphatic carbocycles. The van der Waals surface area contributed by atoms with Gasteiger partial charge >= 0.3 is 5.97 Å². The molecule has 2 rings (SSSR count). The lowest BCUT2D eigenvalue weighted by Gasteiger charge is -2.07. The van der Waals surface area contributed by atoms with Gasteiger partial charge in [-0.2, -0.15) is 0 Å². The third kappa shape index (κ3) is 3.76. The second-order valence-electron chi connectivity index (χ2n) is 4.09. The largest absolute Gasteiger partial charge is 0.455 e. The summed E-state index contributed by atoms with van der Waals surface area (Å²) in [6.45, 7) is 1.51. The van der Waals surface area contributed by atoms with E-state index in [9.17, 15) is 13.2 Å². The van der Waals surface area contributed by atoms with Crippen LogP contribution in [0.3, 0.4) is 0 Å². The van der Waals surface area contributed by atoms with Crippen LogP contribution in [-0.2, 0) is 21.4 Å². The van der Waals surface area contributed by atoms with Gasteiger partial charge in [0.1, 0.15) is 16.6 Å². The van der Waals surface area contributed by atoms with E-state index in [-0.39, 0.29) is 17.1 Å². The van der Waals surface area contributed by atoms with Gasteiger partial charge in [-0.05, 0) is 24.6 Å². The number of aryl methyl sites for hydroxylation is 1. The number of nitrogens with two attached hydrogens (primary N) is 1. The van der Waals surface area contributed by atoms with Gasteiger partial charge < -0.3 is 4.74 Å². The van der Waals surface area contributed by atoms with Gasteiger partial charge in [0.25, 0.3) is 0 Å². The van der Waals surface area contributed by atoms with Crippen LogP contribution in [0.25, 0.3) is 0 Å². The zero-order valence-electron chi connectivity index (χ0n) is 10.7. The number of ether oxygens (including phenoxy) is 1. The monoisotopic (exact) mass is 347 g/mol. The summed E-state index contributed by atoms with van der Waals surface area (Å²) in [5, 5.41) is 8.74. The van der Waals surface area contributed by atoms with Gasteiger partial charge in [0.2, 0.25) is 10.0 Å². The molecule has 1 heterocycles. The van der Waals surface area contributed by atoms with Gasteiger partial charge in [0.15, 0.2) is 0 Å². The van der Waals surface area contributed by atoms with E-state index in [1.165, 1.54) is 18.2 Å². The molecule has 1 aromatic heterocycles. The van der Waals surface area contributed by atoms with Gasteiger partial charge in [-0.25, -0.2) is 18.4 Å². The van der Waals surface area contributed by atoms with Crippen LogP contribution >= 0.6 is 23.1 Å². The summed E-state index contributed by atoms with van der Waals surface area (Å²) in [5.74, 6) is -0.693. The molecule has 0 unspecified atom stereocenters. The van der Waals surface area contributed by atoms with Crippen molar-refractivity contribution in [2.24, 2.45) is 5.14 Å². The minimum absolute atomic E-state index is 0.112.